The number of nitrogens with zero attached hydrogens (tertiary/aromatic N) is 2. The number of fused-ring (bicyclic) bond motifs is 1. The molecule has 0 aliphatic heterocycles. The van der Waals surface area contributed by atoms with Gasteiger partial charge in [0.1, 0.15) is 10.6 Å². The molecular formula is C12H16N4O2S2. The van der Waals surface area contributed by atoms with E-state index in [1.807, 2.05) is 18.4 Å². The summed E-state index contributed by atoms with van der Waals surface area (Å²) in [6, 6.07) is 1.88. The van der Waals surface area contributed by atoms with Gasteiger partial charge in [0.2, 0.25) is 5.91 Å². The van der Waals surface area contributed by atoms with Crippen molar-refractivity contribution in [3.05, 3.63) is 11.4 Å². The maximum atomic E-state index is 11.7. The van der Waals surface area contributed by atoms with Gasteiger partial charge in [-0.05, 0) is 18.4 Å². The van der Waals surface area contributed by atoms with E-state index in [1.54, 1.807) is 7.11 Å². The Hall–Kier alpha value is -1.38. The van der Waals surface area contributed by atoms with E-state index in [4.69, 9.17) is 10.5 Å². The number of hydrogen-bond acceptors (Lipinski definition) is 7. The molecule has 0 spiro atoms. The van der Waals surface area contributed by atoms with Crippen molar-refractivity contribution in [1.29, 1.82) is 0 Å². The highest BCUT2D eigenvalue weighted by Gasteiger charge is 2.11. The normalized spacial score (nSPS) is 12.5. The van der Waals surface area contributed by atoms with Crippen molar-refractivity contribution >= 4 is 45.0 Å². The summed E-state index contributed by atoms with van der Waals surface area (Å²) >= 11 is 2.78. The lowest BCUT2D eigenvalue weighted by Gasteiger charge is -2.12. The van der Waals surface area contributed by atoms with Crippen LogP contribution in [0.5, 0.6) is 0 Å². The lowest BCUT2D eigenvalue weighted by atomic mass is 10.3. The van der Waals surface area contributed by atoms with Gasteiger partial charge in [-0.1, -0.05) is 11.8 Å². The predicted molar refractivity (Wildman–Crippen MR) is 82.0 cm³/mol. The number of amides is 1. The summed E-state index contributed by atoms with van der Waals surface area (Å²) in [5.74, 6) is 0.629. The second-order valence-electron chi connectivity index (χ2n) is 4.24. The topological polar surface area (TPSA) is 90.1 Å². The number of anilines is 1. The summed E-state index contributed by atoms with van der Waals surface area (Å²) in [4.78, 5) is 21.1. The van der Waals surface area contributed by atoms with Crippen molar-refractivity contribution in [2.24, 2.45) is 0 Å². The quantitative estimate of drug-likeness (QED) is 0.621. The number of hydrogen-bond donors (Lipinski definition) is 2. The van der Waals surface area contributed by atoms with E-state index in [1.165, 1.54) is 23.1 Å². The Morgan fingerprint density at radius 1 is 1.60 bits per heavy atom. The van der Waals surface area contributed by atoms with E-state index in [2.05, 4.69) is 15.3 Å². The molecule has 0 fully saturated rings. The van der Waals surface area contributed by atoms with Crippen molar-refractivity contribution in [2.45, 2.75) is 18.1 Å². The van der Waals surface area contributed by atoms with Crippen molar-refractivity contribution in [1.82, 2.24) is 15.3 Å². The molecule has 2 heterocycles. The highest BCUT2D eigenvalue weighted by Crippen LogP contribution is 2.26. The first-order valence-electron chi connectivity index (χ1n) is 6.02. The van der Waals surface area contributed by atoms with Gasteiger partial charge in [0.15, 0.2) is 5.16 Å². The zero-order chi connectivity index (χ0) is 14.5. The molecule has 0 unspecified atom stereocenters. The Kier molecular flexibility index (Phi) is 5.16. The third kappa shape index (κ3) is 3.81. The average Bonchev–Trinajstić information content (AvgIpc) is 2.85. The number of rotatable bonds is 6. The molecule has 2 aromatic heterocycles. The van der Waals surface area contributed by atoms with Crippen molar-refractivity contribution < 1.29 is 9.53 Å². The van der Waals surface area contributed by atoms with E-state index in [-0.39, 0.29) is 17.7 Å². The molecule has 0 saturated heterocycles. The molecule has 0 radical (unpaired) electrons. The molecule has 0 aliphatic rings. The summed E-state index contributed by atoms with van der Waals surface area (Å²) in [7, 11) is 1.60. The van der Waals surface area contributed by atoms with Crippen LogP contribution in [0.4, 0.5) is 5.82 Å². The molecule has 1 amide bonds. The van der Waals surface area contributed by atoms with Crippen LogP contribution in [0.1, 0.15) is 6.92 Å². The smallest absolute Gasteiger partial charge is 0.230 e. The monoisotopic (exact) mass is 312 g/mol. The molecule has 6 nitrogen and oxygen atoms in total. The Bertz CT molecular complexity index is 602. The number of methoxy groups -OCH3 is 1. The Labute approximate surface area is 125 Å². The van der Waals surface area contributed by atoms with Gasteiger partial charge in [-0.2, -0.15) is 0 Å². The molecule has 8 heteroatoms. The standard InChI is InChI=1S/C12H16N4O2S2/c1-7(5-18-2)14-9(17)6-20-12-15-10(13)8-3-4-19-11(8)16-12/h3-4,7H,5-6H2,1-2H3,(H,14,17)(H2,13,15,16)/t7-/m1/s1. The summed E-state index contributed by atoms with van der Waals surface area (Å²) in [5, 5.41) is 6.13. The molecule has 2 rings (SSSR count). The fraction of sp³-hybridized carbons (Fsp3) is 0.417. The van der Waals surface area contributed by atoms with Crippen molar-refractivity contribution in [3.63, 3.8) is 0 Å². The minimum Gasteiger partial charge on any atom is -0.383 e. The molecule has 0 saturated carbocycles. The minimum atomic E-state index is -0.0759. The van der Waals surface area contributed by atoms with Crippen molar-refractivity contribution in [2.75, 3.05) is 25.2 Å². The largest absolute Gasteiger partial charge is 0.383 e. The maximum absolute atomic E-state index is 11.7. The van der Waals surface area contributed by atoms with Gasteiger partial charge in [0, 0.05) is 13.2 Å². The zero-order valence-corrected chi connectivity index (χ0v) is 12.9. The third-order valence-electron chi connectivity index (χ3n) is 2.49. The first kappa shape index (κ1) is 15.0. The number of thioether (sulfide) groups is 1. The van der Waals surface area contributed by atoms with Crippen LogP contribution in [0, 0.1) is 0 Å². The van der Waals surface area contributed by atoms with Gasteiger partial charge >= 0.3 is 0 Å². The number of nitrogen functional groups attached to an aromatic ring is 1. The van der Waals surface area contributed by atoms with Crippen LogP contribution in [0.3, 0.4) is 0 Å². The van der Waals surface area contributed by atoms with E-state index in [9.17, 15) is 4.79 Å². The molecular weight excluding hydrogens is 296 g/mol. The summed E-state index contributed by atoms with van der Waals surface area (Å²) in [6.45, 7) is 2.37. The Morgan fingerprint density at radius 2 is 2.40 bits per heavy atom. The van der Waals surface area contributed by atoms with Gasteiger partial charge in [-0.3, -0.25) is 4.79 Å². The summed E-state index contributed by atoms with van der Waals surface area (Å²) < 4.78 is 4.96. The first-order chi connectivity index (χ1) is 9.60. The number of carbonyl (C=O) groups excluding carboxylic acids is 1. The van der Waals surface area contributed by atoms with Crippen LogP contribution in [-0.2, 0) is 9.53 Å². The maximum Gasteiger partial charge on any atom is 0.230 e. The highest BCUT2D eigenvalue weighted by atomic mass is 32.2. The number of ether oxygens (including phenoxy) is 1. The van der Waals surface area contributed by atoms with Crippen LogP contribution < -0.4 is 11.1 Å². The predicted octanol–water partition coefficient (Wildman–Crippen LogP) is 1.52. The molecule has 0 aromatic carbocycles. The fourth-order valence-corrected chi connectivity index (χ4v) is 3.15. The molecule has 1 atom stereocenters. The number of carbonyl (C=O) groups is 1. The van der Waals surface area contributed by atoms with Gasteiger partial charge in [0.05, 0.1) is 17.7 Å². The number of aromatic nitrogens is 2. The SMILES string of the molecule is COC[C@@H](C)NC(=O)CSc1nc(N)c2ccsc2n1. The van der Waals surface area contributed by atoms with Crippen LogP contribution in [0.2, 0.25) is 0 Å². The molecule has 20 heavy (non-hydrogen) atoms. The molecule has 2 aromatic rings. The van der Waals surface area contributed by atoms with E-state index in [0.29, 0.717) is 17.6 Å². The van der Waals surface area contributed by atoms with E-state index in [0.717, 1.165) is 10.2 Å². The molecule has 3 N–H and O–H groups in total. The lowest BCUT2D eigenvalue weighted by molar-refractivity contribution is -0.119. The molecule has 0 aliphatic carbocycles. The number of nitrogens with two attached hydrogens (primary N) is 1. The molecule has 0 bridgehead atoms. The zero-order valence-electron chi connectivity index (χ0n) is 11.3. The first-order valence-corrected chi connectivity index (χ1v) is 7.88. The van der Waals surface area contributed by atoms with Crippen LogP contribution in [0.15, 0.2) is 16.6 Å². The third-order valence-corrected chi connectivity index (χ3v) is 4.14. The van der Waals surface area contributed by atoms with Gasteiger partial charge in [-0.15, -0.1) is 11.3 Å². The number of nitrogens with one attached hydrogen (secondary N) is 1. The second kappa shape index (κ2) is 6.87. The van der Waals surface area contributed by atoms with Crippen LogP contribution in [-0.4, -0.2) is 41.4 Å². The second-order valence-corrected chi connectivity index (χ2v) is 6.08. The fourth-order valence-electron chi connectivity index (χ4n) is 1.66. The lowest BCUT2D eigenvalue weighted by Crippen LogP contribution is -2.36. The molecule has 108 valence electrons. The Morgan fingerprint density at radius 3 is 3.15 bits per heavy atom. The highest BCUT2D eigenvalue weighted by molar-refractivity contribution is 7.99. The Balaban J connectivity index is 1.93. The number of thiophene rings is 1. The van der Waals surface area contributed by atoms with E-state index >= 15 is 0 Å². The van der Waals surface area contributed by atoms with Gasteiger partial charge < -0.3 is 15.8 Å². The van der Waals surface area contributed by atoms with E-state index < -0.39 is 0 Å². The van der Waals surface area contributed by atoms with Gasteiger partial charge in [-0.25, -0.2) is 9.97 Å². The van der Waals surface area contributed by atoms with Gasteiger partial charge in [0.25, 0.3) is 0 Å². The average molecular weight is 312 g/mol. The minimum absolute atomic E-state index is 0.0149. The van der Waals surface area contributed by atoms with Crippen LogP contribution >= 0.6 is 23.1 Å². The van der Waals surface area contributed by atoms with Crippen molar-refractivity contribution in [3.8, 4) is 0 Å². The van der Waals surface area contributed by atoms with Crippen LogP contribution in [0.25, 0.3) is 10.2 Å². The summed E-state index contributed by atoms with van der Waals surface area (Å²) in [6.07, 6.45) is 0. The summed E-state index contributed by atoms with van der Waals surface area (Å²) in [5.41, 5.74) is 5.85.